The Labute approximate surface area is 168 Å². The van der Waals surface area contributed by atoms with E-state index in [1.807, 2.05) is 24.3 Å². The van der Waals surface area contributed by atoms with E-state index < -0.39 is 11.5 Å². The van der Waals surface area contributed by atoms with Gasteiger partial charge in [-0.25, -0.2) is 4.39 Å². The van der Waals surface area contributed by atoms with E-state index in [2.05, 4.69) is 10.4 Å². The third-order valence-electron chi connectivity index (χ3n) is 5.34. The number of halogens is 1. The van der Waals surface area contributed by atoms with Crippen LogP contribution in [-0.4, -0.2) is 44.1 Å². The van der Waals surface area contributed by atoms with Crippen molar-refractivity contribution in [3.8, 4) is 5.75 Å². The van der Waals surface area contributed by atoms with Crippen LogP contribution in [0.15, 0.2) is 60.4 Å². The highest BCUT2D eigenvalue weighted by Gasteiger charge is 2.44. The van der Waals surface area contributed by atoms with Crippen molar-refractivity contribution in [3.05, 3.63) is 71.7 Å². The molecule has 4 rings (SSSR count). The van der Waals surface area contributed by atoms with Crippen molar-refractivity contribution in [2.75, 3.05) is 38.2 Å². The van der Waals surface area contributed by atoms with Crippen LogP contribution in [0.3, 0.4) is 0 Å². The van der Waals surface area contributed by atoms with Crippen LogP contribution < -0.4 is 20.9 Å². The van der Waals surface area contributed by atoms with Crippen molar-refractivity contribution in [1.82, 2.24) is 10.4 Å². The highest BCUT2D eigenvalue weighted by Crippen LogP contribution is 2.32. The molecule has 0 spiro atoms. The first-order chi connectivity index (χ1) is 14.0. The normalized spacial score (nSPS) is 21.6. The molecule has 1 unspecified atom stereocenters. The SMILES string of the molecule is COc1ccccc1N1CCN(C(=O)C2=CONC2(N)c2ccccc2F)CC1. The van der Waals surface area contributed by atoms with Crippen molar-refractivity contribution in [2.24, 2.45) is 5.73 Å². The fourth-order valence-electron chi connectivity index (χ4n) is 3.74. The van der Waals surface area contributed by atoms with Crippen LogP contribution in [0.1, 0.15) is 5.56 Å². The monoisotopic (exact) mass is 398 g/mol. The zero-order valence-corrected chi connectivity index (χ0v) is 16.1. The average molecular weight is 398 g/mol. The van der Waals surface area contributed by atoms with Gasteiger partial charge in [0.1, 0.15) is 17.8 Å². The average Bonchev–Trinajstić information content (AvgIpc) is 3.16. The summed E-state index contributed by atoms with van der Waals surface area (Å²) in [6, 6.07) is 13.9. The van der Waals surface area contributed by atoms with Crippen LogP contribution in [-0.2, 0) is 15.3 Å². The molecule has 2 aliphatic heterocycles. The summed E-state index contributed by atoms with van der Waals surface area (Å²) in [5.41, 5.74) is 8.74. The van der Waals surface area contributed by atoms with Crippen LogP contribution in [0.4, 0.5) is 10.1 Å². The van der Waals surface area contributed by atoms with Crippen molar-refractivity contribution >= 4 is 11.6 Å². The minimum Gasteiger partial charge on any atom is -0.495 e. The van der Waals surface area contributed by atoms with E-state index in [0.29, 0.717) is 26.2 Å². The molecule has 1 fully saturated rings. The summed E-state index contributed by atoms with van der Waals surface area (Å²) in [5.74, 6) is 0.0111. The summed E-state index contributed by atoms with van der Waals surface area (Å²) in [4.78, 5) is 22.2. The number of para-hydroxylation sites is 2. The van der Waals surface area contributed by atoms with E-state index in [-0.39, 0.29) is 17.0 Å². The quantitative estimate of drug-likeness (QED) is 0.816. The minimum absolute atomic E-state index is 0.157. The maximum atomic E-state index is 14.3. The van der Waals surface area contributed by atoms with Crippen LogP contribution in [0, 0.1) is 5.82 Å². The number of hydroxylamine groups is 1. The summed E-state index contributed by atoms with van der Waals surface area (Å²) < 4.78 is 19.8. The first-order valence-electron chi connectivity index (χ1n) is 9.39. The molecule has 1 amide bonds. The number of nitrogens with one attached hydrogen (secondary N) is 1. The molecular formula is C21H23FN4O3. The molecule has 0 radical (unpaired) electrons. The van der Waals surface area contributed by atoms with Gasteiger partial charge in [0.15, 0.2) is 5.66 Å². The lowest BCUT2D eigenvalue weighted by molar-refractivity contribution is -0.128. The number of anilines is 1. The number of methoxy groups -OCH3 is 1. The number of hydrogen-bond donors (Lipinski definition) is 2. The van der Waals surface area contributed by atoms with Gasteiger partial charge in [-0.15, -0.1) is 5.48 Å². The van der Waals surface area contributed by atoms with E-state index in [0.717, 1.165) is 11.4 Å². The predicted octanol–water partition coefficient (Wildman–Crippen LogP) is 1.71. The summed E-state index contributed by atoms with van der Waals surface area (Å²) >= 11 is 0. The van der Waals surface area contributed by atoms with E-state index in [9.17, 15) is 9.18 Å². The zero-order valence-electron chi connectivity index (χ0n) is 16.1. The lowest BCUT2D eigenvalue weighted by Crippen LogP contribution is -2.55. The maximum absolute atomic E-state index is 14.3. The van der Waals surface area contributed by atoms with Gasteiger partial charge in [0.2, 0.25) is 0 Å². The standard InChI is InChI=1S/C21H23FN4O3/c1-28-19-9-5-4-8-18(19)25-10-12-26(13-11-25)20(27)16-14-29-24-21(16,23)15-6-2-3-7-17(15)22/h2-9,14,24H,10-13,23H2,1H3. The van der Waals surface area contributed by atoms with E-state index >= 15 is 0 Å². The minimum atomic E-state index is -1.54. The lowest BCUT2D eigenvalue weighted by Gasteiger charge is -2.38. The van der Waals surface area contributed by atoms with Gasteiger partial charge in [-0.1, -0.05) is 30.3 Å². The first kappa shape index (κ1) is 19.2. The van der Waals surface area contributed by atoms with Gasteiger partial charge in [0.25, 0.3) is 5.91 Å². The molecule has 2 heterocycles. The second-order valence-electron chi connectivity index (χ2n) is 6.99. The molecule has 1 saturated heterocycles. The van der Waals surface area contributed by atoms with Gasteiger partial charge < -0.3 is 25.1 Å². The van der Waals surface area contributed by atoms with Crippen LogP contribution in [0.25, 0.3) is 0 Å². The highest BCUT2D eigenvalue weighted by molar-refractivity contribution is 5.96. The molecule has 2 aromatic rings. The molecule has 0 bridgehead atoms. The number of ether oxygens (including phenoxy) is 1. The van der Waals surface area contributed by atoms with E-state index in [1.165, 1.54) is 18.4 Å². The lowest BCUT2D eigenvalue weighted by atomic mass is 9.92. The molecule has 8 heteroatoms. The number of rotatable bonds is 4. The number of nitrogens with two attached hydrogens (primary N) is 1. The first-order valence-corrected chi connectivity index (χ1v) is 9.39. The Hall–Kier alpha value is -3.10. The van der Waals surface area contributed by atoms with Crippen molar-refractivity contribution in [3.63, 3.8) is 0 Å². The Kier molecular flexibility index (Phi) is 5.12. The summed E-state index contributed by atoms with van der Waals surface area (Å²) in [7, 11) is 1.64. The summed E-state index contributed by atoms with van der Waals surface area (Å²) in [6.45, 7) is 2.29. The number of amides is 1. The maximum Gasteiger partial charge on any atom is 0.256 e. The zero-order chi connectivity index (χ0) is 20.4. The van der Waals surface area contributed by atoms with Gasteiger partial charge in [-0.2, -0.15) is 0 Å². The Balaban J connectivity index is 1.49. The molecule has 7 nitrogen and oxygen atoms in total. The second kappa shape index (κ2) is 7.73. The fourth-order valence-corrected chi connectivity index (χ4v) is 3.74. The molecule has 1 atom stereocenters. The van der Waals surface area contributed by atoms with Crippen molar-refractivity contribution in [1.29, 1.82) is 0 Å². The number of carbonyl (C=O) groups excluding carboxylic acids is 1. The molecule has 3 N–H and O–H groups in total. The molecule has 0 saturated carbocycles. The highest BCUT2D eigenvalue weighted by atomic mass is 19.1. The Morgan fingerprint density at radius 3 is 2.55 bits per heavy atom. The molecule has 0 aliphatic carbocycles. The Bertz CT molecular complexity index is 943. The molecule has 2 aliphatic rings. The second-order valence-corrected chi connectivity index (χ2v) is 6.99. The van der Waals surface area contributed by atoms with Crippen LogP contribution >= 0.6 is 0 Å². The van der Waals surface area contributed by atoms with E-state index in [4.69, 9.17) is 15.3 Å². The van der Waals surface area contributed by atoms with Crippen molar-refractivity contribution < 1.29 is 18.8 Å². The summed E-state index contributed by atoms with van der Waals surface area (Å²) in [5, 5.41) is 0. The molecule has 29 heavy (non-hydrogen) atoms. The largest absolute Gasteiger partial charge is 0.495 e. The molecule has 152 valence electrons. The van der Waals surface area contributed by atoms with Crippen LogP contribution in [0.5, 0.6) is 5.75 Å². The number of piperazine rings is 1. The summed E-state index contributed by atoms with van der Waals surface area (Å²) in [6.07, 6.45) is 1.27. The molecular weight excluding hydrogens is 375 g/mol. The van der Waals surface area contributed by atoms with Crippen LogP contribution in [0.2, 0.25) is 0 Å². The predicted molar refractivity (Wildman–Crippen MR) is 106 cm³/mol. The van der Waals surface area contributed by atoms with Gasteiger partial charge in [-0.05, 0) is 18.2 Å². The Morgan fingerprint density at radius 1 is 1.14 bits per heavy atom. The van der Waals surface area contributed by atoms with Gasteiger partial charge in [0, 0.05) is 31.7 Å². The third-order valence-corrected chi connectivity index (χ3v) is 5.34. The topological polar surface area (TPSA) is 80.1 Å². The number of carbonyl (C=O) groups is 1. The number of benzene rings is 2. The molecule has 2 aromatic carbocycles. The third kappa shape index (κ3) is 3.41. The van der Waals surface area contributed by atoms with Gasteiger partial charge in [0.05, 0.1) is 18.4 Å². The number of hydrogen-bond acceptors (Lipinski definition) is 6. The molecule has 0 aromatic heterocycles. The van der Waals surface area contributed by atoms with Crippen molar-refractivity contribution in [2.45, 2.75) is 5.66 Å². The fraction of sp³-hybridized carbons (Fsp3) is 0.286. The van der Waals surface area contributed by atoms with Gasteiger partial charge >= 0.3 is 0 Å². The smallest absolute Gasteiger partial charge is 0.256 e. The Morgan fingerprint density at radius 2 is 1.83 bits per heavy atom. The van der Waals surface area contributed by atoms with E-state index in [1.54, 1.807) is 24.1 Å². The number of nitrogens with zero attached hydrogens (tertiary/aromatic N) is 2. The van der Waals surface area contributed by atoms with Gasteiger partial charge in [-0.3, -0.25) is 4.79 Å².